The topological polar surface area (TPSA) is 64.7 Å². The van der Waals surface area contributed by atoms with Crippen molar-refractivity contribution in [2.24, 2.45) is 0 Å². The monoisotopic (exact) mass is 240 g/mol. The molecule has 0 aliphatic rings. The Hall–Kier alpha value is -2.18. The summed E-state index contributed by atoms with van der Waals surface area (Å²) in [5, 5.41) is 0. The van der Waals surface area contributed by atoms with Crippen LogP contribution in [0.15, 0.2) is 30.7 Å². The van der Waals surface area contributed by atoms with Crippen molar-refractivity contribution in [3.63, 3.8) is 0 Å². The van der Waals surface area contributed by atoms with E-state index in [2.05, 4.69) is 15.0 Å². The van der Waals surface area contributed by atoms with Crippen LogP contribution in [0.25, 0.3) is 11.3 Å². The van der Waals surface area contributed by atoms with Crippen molar-refractivity contribution in [1.82, 2.24) is 15.0 Å². The number of alkyl halides is 3. The molecule has 0 saturated heterocycles. The second-order valence-electron chi connectivity index (χ2n) is 3.23. The largest absolute Gasteiger partial charge is 0.419 e. The fraction of sp³-hybridized carbons (Fsp3) is 0.100. The molecule has 4 nitrogen and oxygen atoms in total. The molecule has 0 aliphatic heterocycles. The molecule has 0 atom stereocenters. The van der Waals surface area contributed by atoms with Crippen LogP contribution in [0.1, 0.15) is 5.56 Å². The van der Waals surface area contributed by atoms with Crippen molar-refractivity contribution in [2.75, 3.05) is 5.73 Å². The van der Waals surface area contributed by atoms with Gasteiger partial charge in [-0.1, -0.05) is 0 Å². The summed E-state index contributed by atoms with van der Waals surface area (Å²) in [6, 6.07) is 3.00. The van der Waals surface area contributed by atoms with E-state index in [1.165, 1.54) is 24.5 Å². The fourth-order valence-electron chi connectivity index (χ4n) is 1.33. The van der Waals surface area contributed by atoms with Gasteiger partial charge in [0, 0.05) is 24.2 Å². The lowest BCUT2D eigenvalue weighted by atomic mass is 10.1. The number of nitrogens with zero attached hydrogens (tertiary/aromatic N) is 3. The highest BCUT2D eigenvalue weighted by Crippen LogP contribution is 2.35. The minimum absolute atomic E-state index is 0.211. The third-order valence-electron chi connectivity index (χ3n) is 2.05. The summed E-state index contributed by atoms with van der Waals surface area (Å²) in [5.41, 5.74) is 4.35. The molecule has 2 heterocycles. The Morgan fingerprint density at radius 3 is 2.53 bits per heavy atom. The maximum absolute atomic E-state index is 12.7. The number of halogens is 3. The van der Waals surface area contributed by atoms with Gasteiger partial charge in [0.25, 0.3) is 0 Å². The van der Waals surface area contributed by atoms with E-state index in [1.54, 1.807) is 0 Å². The zero-order chi connectivity index (χ0) is 12.5. The minimum Gasteiger partial charge on any atom is -0.368 e. The molecule has 0 aliphatic carbocycles. The number of hydrogen-bond acceptors (Lipinski definition) is 4. The highest BCUT2D eigenvalue weighted by atomic mass is 19.4. The second kappa shape index (κ2) is 4.00. The van der Waals surface area contributed by atoms with Crippen LogP contribution in [0.2, 0.25) is 0 Å². The molecule has 0 unspecified atom stereocenters. The predicted octanol–water partition coefficient (Wildman–Crippen LogP) is 2.14. The van der Waals surface area contributed by atoms with Crippen LogP contribution in [0.5, 0.6) is 0 Å². The molecule has 2 aromatic rings. The molecule has 17 heavy (non-hydrogen) atoms. The van der Waals surface area contributed by atoms with Crippen LogP contribution in [-0.4, -0.2) is 15.0 Å². The number of pyridine rings is 1. The Kier molecular flexibility index (Phi) is 2.66. The third kappa shape index (κ3) is 2.32. The zero-order valence-corrected chi connectivity index (χ0v) is 8.44. The number of nitrogens with two attached hydrogens (primary N) is 1. The summed E-state index contributed by atoms with van der Waals surface area (Å²) in [6.07, 6.45) is -1.11. The fourth-order valence-corrected chi connectivity index (χ4v) is 1.33. The molecule has 0 saturated carbocycles. The molecule has 0 bridgehead atoms. The second-order valence-corrected chi connectivity index (χ2v) is 3.23. The van der Waals surface area contributed by atoms with Gasteiger partial charge in [0.1, 0.15) is 5.56 Å². The summed E-state index contributed by atoms with van der Waals surface area (Å²) in [6.45, 7) is 0. The summed E-state index contributed by atoms with van der Waals surface area (Å²) in [7, 11) is 0. The van der Waals surface area contributed by atoms with Crippen LogP contribution in [0, 0.1) is 0 Å². The van der Waals surface area contributed by atoms with Crippen molar-refractivity contribution in [2.45, 2.75) is 6.18 Å². The summed E-state index contributed by atoms with van der Waals surface area (Å²) >= 11 is 0. The maximum Gasteiger partial charge on any atom is 0.419 e. The van der Waals surface area contributed by atoms with Crippen LogP contribution < -0.4 is 5.73 Å². The first-order chi connectivity index (χ1) is 7.98. The van der Waals surface area contributed by atoms with Crippen molar-refractivity contribution in [3.05, 3.63) is 36.3 Å². The Labute approximate surface area is 94.3 Å². The van der Waals surface area contributed by atoms with Crippen LogP contribution in [0.4, 0.5) is 19.1 Å². The van der Waals surface area contributed by atoms with Gasteiger partial charge in [0.2, 0.25) is 5.95 Å². The van der Waals surface area contributed by atoms with Gasteiger partial charge in [0.15, 0.2) is 0 Å². The van der Waals surface area contributed by atoms with Gasteiger partial charge in [-0.25, -0.2) is 9.97 Å². The van der Waals surface area contributed by atoms with Gasteiger partial charge in [-0.3, -0.25) is 4.98 Å². The van der Waals surface area contributed by atoms with E-state index in [1.807, 2.05) is 0 Å². The van der Waals surface area contributed by atoms with Gasteiger partial charge < -0.3 is 5.73 Å². The molecule has 2 N–H and O–H groups in total. The lowest BCUT2D eigenvalue weighted by molar-refractivity contribution is -0.137. The van der Waals surface area contributed by atoms with Crippen molar-refractivity contribution < 1.29 is 13.2 Å². The Morgan fingerprint density at radius 1 is 1.18 bits per heavy atom. The minimum atomic E-state index is -4.53. The van der Waals surface area contributed by atoms with E-state index in [4.69, 9.17) is 5.73 Å². The average molecular weight is 240 g/mol. The Morgan fingerprint density at radius 2 is 1.94 bits per heavy atom. The molecule has 88 valence electrons. The highest BCUT2D eigenvalue weighted by molar-refractivity contribution is 5.63. The molecule has 0 fully saturated rings. The van der Waals surface area contributed by atoms with E-state index >= 15 is 0 Å². The van der Waals surface area contributed by atoms with Crippen molar-refractivity contribution in [3.8, 4) is 11.3 Å². The molecule has 7 heteroatoms. The molecule has 2 rings (SSSR count). The standard InChI is InChI=1S/C10H7F3N4/c11-10(12,13)7-5-16-9(14)17-8(7)6-2-1-3-15-4-6/h1-5H,(H2,14,16,17). The van der Waals surface area contributed by atoms with Crippen molar-refractivity contribution in [1.29, 1.82) is 0 Å². The van der Waals surface area contributed by atoms with E-state index in [-0.39, 0.29) is 17.2 Å². The summed E-state index contributed by atoms with van der Waals surface area (Å²) < 4.78 is 38.2. The first kappa shape index (κ1) is 11.3. The van der Waals surface area contributed by atoms with Gasteiger partial charge in [0.05, 0.1) is 5.69 Å². The summed E-state index contributed by atoms with van der Waals surface area (Å²) in [4.78, 5) is 10.7. The predicted molar refractivity (Wildman–Crippen MR) is 54.7 cm³/mol. The first-order valence-corrected chi connectivity index (χ1v) is 4.58. The van der Waals surface area contributed by atoms with E-state index < -0.39 is 11.7 Å². The smallest absolute Gasteiger partial charge is 0.368 e. The lowest BCUT2D eigenvalue weighted by Crippen LogP contribution is -2.11. The zero-order valence-electron chi connectivity index (χ0n) is 8.44. The van der Waals surface area contributed by atoms with Gasteiger partial charge in [-0.05, 0) is 12.1 Å². The quantitative estimate of drug-likeness (QED) is 0.829. The molecule has 2 aromatic heterocycles. The molecule has 0 radical (unpaired) electrons. The number of aromatic nitrogens is 3. The SMILES string of the molecule is Nc1ncc(C(F)(F)F)c(-c2cccnc2)n1. The first-order valence-electron chi connectivity index (χ1n) is 4.58. The van der Waals surface area contributed by atoms with Crippen LogP contribution in [-0.2, 0) is 6.18 Å². The summed E-state index contributed by atoms with van der Waals surface area (Å²) in [5.74, 6) is -0.211. The van der Waals surface area contributed by atoms with Crippen molar-refractivity contribution >= 4 is 5.95 Å². The number of hydrogen-bond donors (Lipinski definition) is 1. The number of anilines is 1. The van der Waals surface area contributed by atoms with Gasteiger partial charge in [-0.2, -0.15) is 13.2 Å². The lowest BCUT2D eigenvalue weighted by Gasteiger charge is -2.11. The third-order valence-corrected chi connectivity index (χ3v) is 2.05. The number of nitrogen functional groups attached to an aromatic ring is 1. The molecular formula is C10H7F3N4. The Bertz CT molecular complexity index is 525. The van der Waals surface area contributed by atoms with E-state index in [0.717, 1.165) is 0 Å². The molecule has 0 aromatic carbocycles. The van der Waals surface area contributed by atoms with Gasteiger partial charge >= 0.3 is 6.18 Å². The molecule has 0 spiro atoms. The Balaban J connectivity index is 2.64. The van der Waals surface area contributed by atoms with Crippen LogP contribution >= 0.6 is 0 Å². The normalized spacial score (nSPS) is 11.5. The highest BCUT2D eigenvalue weighted by Gasteiger charge is 2.35. The van der Waals surface area contributed by atoms with E-state index in [9.17, 15) is 13.2 Å². The molecular weight excluding hydrogens is 233 g/mol. The van der Waals surface area contributed by atoms with Crippen LogP contribution in [0.3, 0.4) is 0 Å². The van der Waals surface area contributed by atoms with Gasteiger partial charge in [-0.15, -0.1) is 0 Å². The number of rotatable bonds is 1. The van der Waals surface area contributed by atoms with E-state index in [0.29, 0.717) is 6.20 Å². The maximum atomic E-state index is 12.7. The average Bonchev–Trinajstić information content (AvgIpc) is 2.28. The molecule has 0 amide bonds.